The molecule has 0 spiro atoms. The first-order valence-corrected chi connectivity index (χ1v) is 6.34. The van der Waals surface area contributed by atoms with Gasteiger partial charge in [-0.1, -0.05) is 0 Å². The molecule has 0 aromatic rings. The predicted molar refractivity (Wildman–Crippen MR) is 68.7 cm³/mol. The summed E-state index contributed by atoms with van der Waals surface area (Å²) in [5, 5.41) is 21.9. The molecule has 0 aromatic carbocycles. The molecule has 0 saturated carbocycles. The van der Waals surface area contributed by atoms with Gasteiger partial charge in [0, 0.05) is 55.6 Å². The van der Waals surface area contributed by atoms with Crippen molar-refractivity contribution in [3.8, 4) is 0 Å². The maximum absolute atomic E-state index is 10.9. The second kappa shape index (κ2) is 5.57. The summed E-state index contributed by atoms with van der Waals surface area (Å²) in [7, 11) is 0. The molecule has 17 heavy (non-hydrogen) atoms. The minimum Gasteiger partial charge on any atom is -0.360 e. The van der Waals surface area contributed by atoms with Gasteiger partial charge in [-0.05, 0) is 13.8 Å². The molecule has 0 unspecified atom stereocenters. The molecule has 2 atom stereocenters. The van der Waals surface area contributed by atoms with E-state index in [4.69, 9.17) is 4.74 Å². The molecule has 100 valence electrons. The lowest BCUT2D eigenvalue weighted by molar-refractivity contribution is -0.591. The van der Waals surface area contributed by atoms with Crippen LogP contribution in [0.2, 0.25) is 0 Å². The van der Waals surface area contributed by atoms with Crippen LogP contribution in [-0.2, 0) is 4.74 Å². The Morgan fingerprint density at radius 3 is 1.53 bits per heavy atom. The van der Waals surface area contributed by atoms with Crippen LogP contribution in [0.4, 0.5) is 0 Å². The Bertz CT molecular complexity index is 293. The molecule has 0 aliphatic carbocycles. The maximum Gasteiger partial charge on any atom is 0.305 e. The number of halogens is 2. The van der Waals surface area contributed by atoms with Crippen LogP contribution in [-0.4, -0.2) is 31.0 Å². The maximum atomic E-state index is 10.9. The normalized spacial score (nSPS) is 18.8. The Kier molecular flexibility index (Phi) is 5.48. The van der Waals surface area contributed by atoms with Crippen molar-refractivity contribution in [1.29, 1.82) is 0 Å². The summed E-state index contributed by atoms with van der Waals surface area (Å²) in [5.74, 6) is 0. The molecule has 0 aliphatic rings. The summed E-state index contributed by atoms with van der Waals surface area (Å²) in [6.07, 6.45) is -1.66. The van der Waals surface area contributed by atoms with E-state index in [1.54, 1.807) is 13.8 Å². The second-order valence-electron chi connectivity index (χ2n) is 4.13. The largest absolute Gasteiger partial charge is 0.360 e. The Hall–Kier alpha value is -0.280. The number of hydrogen-bond acceptors (Lipinski definition) is 5. The quantitative estimate of drug-likeness (QED) is 0.306. The predicted octanol–water partition coefficient (Wildman–Crippen LogP) is 2.56. The lowest BCUT2D eigenvalue weighted by atomic mass is 10.1. The van der Waals surface area contributed by atoms with E-state index < -0.39 is 24.8 Å². The average molecular weight is 378 g/mol. The van der Waals surface area contributed by atoms with Crippen molar-refractivity contribution >= 4 is 31.9 Å². The van der Waals surface area contributed by atoms with Crippen LogP contribution in [0.25, 0.3) is 0 Å². The van der Waals surface area contributed by atoms with Crippen molar-refractivity contribution in [2.24, 2.45) is 0 Å². The standard InChI is InChI=1S/C8H14Br2N2O5/c1-5(2)17-6(7(3,9)11(13)14)8(4,10)12(15)16/h5-6H,1-4H3/t7-,8-/m0/s1. The highest BCUT2D eigenvalue weighted by Crippen LogP contribution is 2.38. The molecular weight excluding hydrogens is 364 g/mol. The van der Waals surface area contributed by atoms with Crippen LogP contribution >= 0.6 is 31.9 Å². The van der Waals surface area contributed by atoms with Gasteiger partial charge >= 0.3 is 8.90 Å². The molecule has 0 saturated heterocycles. The molecule has 0 aromatic heterocycles. The number of nitrogens with zero attached hydrogens (tertiary/aromatic N) is 2. The number of hydrogen-bond donors (Lipinski definition) is 0. The highest BCUT2D eigenvalue weighted by molar-refractivity contribution is 9.10. The van der Waals surface area contributed by atoms with Gasteiger partial charge in [0.15, 0.2) is 0 Å². The highest BCUT2D eigenvalue weighted by atomic mass is 79.9. The molecule has 0 bridgehead atoms. The summed E-state index contributed by atoms with van der Waals surface area (Å²) in [6.45, 7) is 5.75. The zero-order chi connectivity index (χ0) is 14.0. The summed E-state index contributed by atoms with van der Waals surface area (Å²) in [5.41, 5.74) is 0. The number of rotatable bonds is 6. The molecule has 0 amide bonds. The lowest BCUT2D eigenvalue weighted by Gasteiger charge is -2.31. The third kappa shape index (κ3) is 3.85. The van der Waals surface area contributed by atoms with Crippen LogP contribution < -0.4 is 0 Å². The Morgan fingerprint density at radius 2 is 1.35 bits per heavy atom. The van der Waals surface area contributed by atoms with Crippen LogP contribution in [0, 0.1) is 20.2 Å². The third-order valence-corrected chi connectivity index (χ3v) is 3.49. The third-order valence-electron chi connectivity index (χ3n) is 2.08. The van der Waals surface area contributed by atoms with Crippen LogP contribution in [0.15, 0.2) is 0 Å². The zero-order valence-electron chi connectivity index (χ0n) is 9.85. The number of ether oxygens (including phenoxy) is 1. The molecule has 0 radical (unpaired) electrons. The lowest BCUT2D eigenvalue weighted by Crippen LogP contribution is -2.56. The van der Waals surface area contributed by atoms with E-state index in [0.717, 1.165) is 0 Å². The second-order valence-corrected chi connectivity index (χ2v) is 7.34. The van der Waals surface area contributed by atoms with Crippen molar-refractivity contribution in [3.63, 3.8) is 0 Å². The summed E-state index contributed by atoms with van der Waals surface area (Å²) >= 11 is 5.77. The summed E-state index contributed by atoms with van der Waals surface area (Å²) in [6, 6.07) is 0. The first-order chi connectivity index (χ1) is 7.44. The van der Waals surface area contributed by atoms with Crippen molar-refractivity contribution in [2.75, 3.05) is 0 Å². The fourth-order valence-electron chi connectivity index (χ4n) is 1.19. The summed E-state index contributed by atoms with van der Waals surface area (Å²) < 4.78 is 1.80. The van der Waals surface area contributed by atoms with E-state index in [1.165, 1.54) is 13.8 Å². The van der Waals surface area contributed by atoms with E-state index in [9.17, 15) is 20.2 Å². The zero-order valence-corrected chi connectivity index (χ0v) is 13.0. The van der Waals surface area contributed by atoms with E-state index >= 15 is 0 Å². The minimum absolute atomic E-state index is 0.381. The Morgan fingerprint density at radius 1 is 1.06 bits per heavy atom. The Labute approximate surface area is 115 Å². The smallest absolute Gasteiger partial charge is 0.305 e. The van der Waals surface area contributed by atoms with Gasteiger partial charge < -0.3 is 4.74 Å². The molecule has 0 aliphatic heterocycles. The molecule has 9 heteroatoms. The highest BCUT2D eigenvalue weighted by Gasteiger charge is 2.60. The molecular formula is C8H14Br2N2O5. The molecule has 0 heterocycles. The van der Waals surface area contributed by atoms with Gasteiger partial charge in [-0.2, -0.15) is 0 Å². The number of alkyl halides is 2. The van der Waals surface area contributed by atoms with E-state index in [2.05, 4.69) is 31.9 Å². The van der Waals surface area contributed by atoms with Crippen molar-refractivity contribution in [2.45, 2.75) is 48.8 Å². The monoisotopic (exact) mass is 376 g/mol. The van der Waals surface area contributed by atoms with E-state index in [-0.39, 0.29) is 6.10 Å². The fraction of sp³-hybridized carbons (Fsp3) is 1.00. The van der Waals surface area contributed by atoms with Crippen LogP contribution in [0.1, 0.15) is 27.7 Å². The topological polar surface area (TPSA) is 95.5 Å². The first-order valence-electron chi connectivity index (χ1n) is 4.76. The average Bonchev–Trinajstić information content (AvgIpc) is 2.12. The molecule has 0 fully saturated rings. The minimum atomic E-state index is -1.76. The summed E-state index contributed by atoms with van der Waals surface area (Å²) in [4.78, 5) is 20.6. The molecule has 0 N–H and O–H groups in total. The van der Waals surface area contributed by atoms with Gasteiger partial charge in [0.2, 0.25) is 6.10 Å². The van der Waals surface area contributed by atoms with E-state index in [1.807, 2.05) is 0 Å². The van der Waals surface area contributed by atoms with Crippen LogP contribution in [0.5, 0.6) is 0 Å². The Balaban J connectivity index is 5.43. The molecule has 0 rings (SSSR count). The van der Waals surface area contributed by atoms with Crippen molar-refractivity contribution in [3.05, 3.63) is 20.2 Å². The van der Waals surface area contributed by atoms with Gasteiger partial charge in [-0.15, -0.1) is 0 Å². The fourth-order valence-corrected chi connectivity index (χ4v) is 2.61. The number of nitro groups is 2. The van der Waals surface area contributed by atoms with Crippen molar-refractivity contribution in [1.82, 2.24) is 0 Å². The van der Waals surface area contributed by atoms with Gasteiger partial charge in [-0.25, -0.2) is 0 Å². The SMILES string of the molecule is CC(C)OC([C@@](C)(Br)[N+](=O)[O-])[C@@](C)(Br)[N+](=O)[O-]. The van der Waals surface area contributed by atoms with Crippen molar-refractivity contribution < 1.29 is 14.6 Å². The van der Waals surface area contributed by atoms with Crippen LogP contribution in [0.3, 0.4) is 0 Å². The van der Waals surface area contributed by atoms with E-state index in [0.29, 0.717) is 0 Å². The van der Waals surface area contributed by atoms with Gasteiger partial charge in [0.05, 0.1) is 6.10 Å². The molecule has 7 nitrogen and oxygen atoms in total. The van der Waals surface area contributed by atoms with Gasteiger partial charge in [0.25, 0.3) is 0 Å². The van der Waals surface area contributed by atoms with Gasteiger partial charge in [0.1, 0.15) is 0 Å². The van der Waals surface area contributed by atoms with Gasteiger partial charge in [-0.3, -0.25) is 20.2 Å². The first kappa shape index (κ1) is 16.7.